The van der Waals surface area contributed by atoms with Crippen molar-refractivity contribution in [1.82, 2.24) is 4.98 Å². The van der Waals surface area contributed by atoms with Crippen LogP contribution in [-0.4, -0.2) is 34.5 Å². The number of hydrogen-bond acceptors (Lipinski definition) is 4. The van der Waals surface area contributed by atoms with Crippen molar-refractivity contribution in [2.75, 3.05) is 17.8 Å². The molecule has 0 saturated carbocycles. The number of hydrogen-bond donors (Lipinski definition) is 2. The lowest BCUT2D eigenvalue weighted by Crippen LogP contribution is -2.22. The molecule has 1 aromatic carbocycles. The second-order valence-electron chi connectivity index (χ2n) is 4.68. The van der Waals surface area contributed by atoms with Gasteiger partial charge in [-0.1, -0.05) is 22.0 Å². The van der Waals surface area contributed by atoms with Gasteiger partial charge in [0.1, 0.15) is 5.75 Å². The molecule has 5 nitrogen and oxygen atoms in total. The first-order valence-electron chi connectivity index (χ1n) is 6.61. The van der Waals surface area contributed by atoms with Gasteiger partial charge in [0.15, 0.2) is 0 Å². The molecule has 0 aliphatic carbocycles. The summed E-state index contributed by atoms with van der Waals surface area (Å²) in [6.45, 7) is 0. The maximum atomic E-state index is 10.7. The number of pyridine rings is 1. The lowest BCUT2D eigenvalue weighted by atomic mass is 10.1. The number of carbonyl (C=O) groups is 1. The van der Waals surface area contributed by atoms with Gasteiger partial charge in [0, 0.05) is 35.4 Å². The van der Waals surface area contributed by atoms with Crippen LogP contribution in [0, 0.1) is 0 Å². The highest BCUT2D eigenvalue weighted by Crippen LogP contribution is 2.28. The number of methoxy groups -OCH3 is 1. The van der Waals surface area contributed by atoms with Crippen molar-refractivity contribution in [1.29, 1.82) is 0 Å². The summed E-state index contributed by atoms with van der Waals surface area (Å²) in [4.78, 5) is 15.1. The standard InChI is InChI=1S/C15H17BrN2O3/c1-21-12-7-10-3-2-6-17-15(10)13(8-12)18-11(9-16)4-5-14(19)20/h2-3,6-8,11,18H,4-5,9H2,1H3,(H,19,20). The minimum atomic E-state index is -0.795. The third kappa shape index (κ3) is 4.07. The van der Waals surface area contributed by atoms with Crippen LogP contribution < -0.4 is 10.1 Å². The molecule has 6 heteroatoms. The molecule has 2 rings (SSSR count). The minimum Gasteiger partial charge on any atom is -0.497 e. The van der Waals surface area contributed by atoms with E-state index in [0.29, 0.717) is 11.8 Å². The lowest BCUT2D eigenvalue weighted by molar-refractivity contribution is -0.137. The fourth-order valence-electron chi connectivity index (χ4n) is 2.10. The highest BCUT2D eigenvalue weighted by atomic mass is 79.9. The van der Waals surface area contributed by atoms with Crippen LogP contribution >= 0.6 is 15.9 Å². The molecule has 1 unspecified atom stereocenters. The molecule has 0 aliphatic rings. The normalized spacial score (nSPS) is 12.1. The number of carboxylic acid groups (broad SMARTS) is 1. The van der Waals surface area contributed by atoms with E-state index in [1.54, 1.807) is 13.3 Å². The van der Waals surface area contributed by atoms with E-state index < -0.39 is 5.97 Å². The monoisotopic (exact) mass is 352 g/mol. The van der Waals surface area contributed by atoms with Crippen LogP contribution in [0.3, 0.4) is 0 Å². The number of anilines is 1. The summed E-state index contributed by atoms with van der Waals surface area (Å²) < 4.78 is 5.30. The Kier molecular flexibility index (Phi) is 5.38. The number of aromatic nitrogens is 1. The maximum Gasteiger partial charge on any atom is 0.303 e. The first-order chi connectivity index (χ1) is 10.1. The van der Waals surface area contributed by atoms with Gasteiger partial charge in [-0.2, -0.15) is 0 Å². The van der Waals surface area contributed by atoms with E-state index in [0.717, 1.165) is 22.3 Å². The molecule has 0 aliphatic heterocycles. The number of nitrogens with zero attached hydrogens (tertiary/aromatic N) is 1. The summed E-state index contributed by atoms with van der Waals surface area (Å²) in [7, 11) is 1.62. The first-order valence-corrected chi connectivity index (χ1v) is 7.73. The molecule has 0 saturated heterocycles. The van der Waals surface area contributed by atoms with E-state index in [-0.39, 0.29) is 12.5 Å². The van der Waals surface area contributed by atoms with E-state index in [1.807, 2.05) is 24.3 Å². The Balaban J connectivity index is 2.28. The van der Waals surface area contributed by atoms with E-state index in [2.05, 4.69) is 26.2 Å². The van der Waals surface area contributed by atoms with Gasteiger partial charge in [-0.15, -0.1) is 0 Å². The van der Waals surface area contributed by atoms with Gasteiger partial charge in [-0.3, -0.25) is 9.78 Å². The Bertz CT molecular complexity index is 633. The van der Waals surface area contributed by atoms with Crippen molar-refractivity contribution < 1.29 is 14.6 Å². The van der Waals surface area contributed by atoms with Crippen LogP contribution in [0.1, 0.15) is 12.8 Å². The van der Waals surface area contributed by atoms with Crippen molar-refractivity contribution in [2.24, 2.45) is 0 Å². The Labute approximate surface area is 131 Å². The molecule has 0 fully saturated rings. The number of halogens is 1. The van der Waals surface area contributed by atoms with E-state index in [1.165, 1.54) is 0 Å². The summed E-state index contributed by atoms with van der Waals surface area (Å²) in [5.74, 6) is -0.0547. The third-order valence-corrected chi connectivity index (χ3v) is 3.95. The minimum absolute atomic E-state index is 0.0124. The van der Waals surface area contributed by atoms with E-state index in [9.17, 15) is 4.79 Å². The van der Waals surface area contributed by atoms with Crippen LogP contribution in [0.2, 0.25) is 0 Å². The number of ether oxygens (including phenoxy) is 1. The average molecular weight is 353 g/mol. The Morgan fingerprint density at radius 2 is 2.33 bits per heavy atom. The quantitative estimate of drug-likeness (QED) is 0.748. The summed E-state index contributed by atoms with van der Waals surface area (Å²) >= 11 is 3.42. The molecule has 2 aromatic rings. The molecule has 1 aromatic heterocycles. The lowest BCUT2D eigenvalue weighted by Gasteiger charge is -2.18. The first kappa shape index (κ1) is 15.6. The van der Waals surface area contributed by atoms with Gasteiger partial charge < -0.3 is 15.2 Å². The van der Waals surface area contributed by atoms with Gasteiger partial charge in [0.05, 0.1) is 18.3 Å². The summed E-state index contributed by atoms with van der Waals surface area (Å²) in [6, 6.07) is 7.66. The average Bonchev–Trinajstić information content (AvgIpc) is 2.50. The number of carboxylic acids is 1. The smallest absolute Gasteiger partial charge is 0.303 e. The van der Waals surface area contributed by atoms with E-state index in [4.69, 9.17) is 9.84 Å². The van der Waals surface area contributed by atoms with Gasteiger partial charge >= 0.3 is 5.97 Å². The second-order valence-corrected chi connectivity index (χ2v) is 5.33. The van der Waals surface area contributed by atoms with Crippen LogP contribution in [-0.2, 0) is 4.79 Å². The third-order valence-electron chi connectivity index (χ3n) is 3.17. The van der Waals surface area contributed by atoms with Crippen molar-refractivity contribution in [3.05, 3.63) is 30.5 Å². The van der Waals surface area contributed by atoms with Crippen LogP contribution in [0.25, 0.3) is 10.9 Å². The number of fused-ring (bicyclic) bond motifs is 1. The van der Waals surface area contributed by atoms with Crippen molar-refractivity contribution in [3.63, 3.8) is 0 Å². The topological polar surface area (TPSA) is 71.5 Å². The van der Waals surface area contributed by atoms with E-state index >= 15 is 0 Å². The van der Waals surface area contributed by atoms with Gasteiger partial charge in [-0.05, 0) is 18.6 Å². The van der Waals surface area contributed by atoms with Gasteiger partial charge in [0.25, 0.3) is 0 Å². The molecule has 112 valence electrons. The molecular formula is C15H17BrN2O3. The zero-order valence-electron chi connectivity index (χ0n) is 11.7. The largest absolute Gasteiger partial charge is 0.497 e. The van der Waals surface area contributed by atoms with Crippen LogP contribution in [0.4, 0.5) is 5.69 Å². The molecule has 2 N–H and O–H groups in total. The SMILES string of the molecule is COc1cc(NC(CBr)CCC(=O)O)c2ncccc2c1. The molecule has 0 spiro atoms. The predicted molar refractivity (Wildman–Crippen MR) is 86.4 cm³/mol. The van der Waals surface area contributed by atoms with Gasteiger partial charge in [-0.25, -0.2) is 0 Å². The fourth-order valence-corrected chi connectivity index (χ4v) is 2.58. The Hall–Kier alpha value is -1.82. The molecule has 1 atom stereocenters. The number of aliphatic carboxylic acids is 1. The van der Waals surface area contributed by atoms with Crippen molar-refractivity contribution in [2.45, 2.75) is 18.9 Å². The molecule has 21 heavy (non-hydrogen) atoms. The zero-order valence-corrected chi connectivity index (χ0v) is 13.3. The summed E-state index contributed by atoms with van der Waals surface area (Å²) in [5.41, 5.74) is 1.69. The number of benzene rings is 1. The zero-order chi connectivity index (χ0) is 15.2. The fraction of sp³-hybridized carbons (Fsp3) is 0.333. The molecule has 0 bridgehead atoms. The number of rotatable bonds is 7. The number of nitrogens with one attached hydrogen (secondary N) is 1. The number of alkyl halides is 1. The molecule has 0 radical (unpaired) electrons. The predicted octanol–water partition coefficient (Wildman–Crippen LogP) is 3.28. The second kappa shape index (κ2) is 7.26. The molecular weight excluding hydrogens is 336 g/mol. The molecule has 0 amide bonds. The Morgan fingerprint density at radius 3 is 3.00 bits per heavy atom. The maximum absolute atomic E-state index is 10.7. The van der Waals surface area contributed by atoms with Crippen LogP contribution in [0.5, 0.6) is 5.75 Å². The van der Waals surface area contributed by atoms with Crippen molar-refractivity contribution >= 4 is 38.5 Å². The van der Waals surface area contributed by atoms with Crippen LogP contribution in [0.15, 0.2) is 30.5 Å². The highest BCUT2D eigenvalue weighted by Gasteiger charge is 2.13. The van der Waals surface area contributed by atoms with Crippen molar-refractivity contribution in [3.8, 4) is 5.75 Å². The molecule has 1 heterocycles. The van der Waals surface area contributed by atoms with Gasteiger partial charge in [0.2, 0.25) is 0 Å². The summed E-state index contributed by atoms with van der Waals surface area (Å²) in [5, 5.41) is 13.8. The summed E-state index contributed by atoms with van der Waals surface area (Å²) in [6.07, 6.45) is 2.39. The Morgan fingerprint density at radius 1 is 1.52 bits per heavy atom. The highest BCUT2D eigenvalue weighted by molar-refractivity contribution is 9.09.